The first-order valence-corrected chi connectivity index (χ1v) is 6.77. The first kappa shape index (κ1) is 15.6. The third-order valence-corrected chi connectivity index (χ3v) is 3.66. The zero-order chi connectivity index (χ0) is 13.5. The molecule has 0 heterocycles. The molecule has 1 aromatic carbocycles. The van der Waals surface area contributed by atoms with Crippen LogP contribution in [-0.4, -0.2) is 12.5 Å². The van der Waals surface area contributed by atoms with Crippen molar-refractivity contribution in [3.63, 3.8) is 0 Å². The van der Waals surface area contributed by atoms with Crippen molar-refractivity contribution in [1.82, 2.24) is 5.32 Å². The van der Waals surface area contributed by atoms with Gasteiger partial charge in [0.05, 0.1) is 10.0 Å². The van der Waals surface area contributed by atoms with Gasteiger partial charge < -0.3 is 11.1 Å². The molecule has 0 aromatic heterocycles. The molecule has 0 fully saturated rings. The van der Waals surface area contributed by atoms with E-state index in [-0.39, 0.29) is 5.91 Å². The third-order valence-electron chi connectivity index (χ3n) is 2.47. The molecule has 0 radical (unpaired) electrons. The number of primary amides is 1. The SMILES string of the molecule is NC(=O)CCCCNCc1c(Cl)ccc(Cl)c1Cl. The van der Waals surface area contributed by atoms with Crippen LogP contribution in [0.1, 0.15) is 24.8 Å². The summed E-state index contributed by atoms with van der Waals surface area (Å²) in [6, 6.07) is 3.39. The van der Waals surface area contributed by atoms with E-state index in [1.165, 1.54) is 0 Å². The normalized spacial score (nSPS) is 10.6. The van der Waals surface area contributed by atoms with Crippen LogP contribution in [0, 0.1) is 0 Å². The molecule has 0 saturated carbocycles. The molecule has 1 amide bonds. The van der Waals surface area contributed by atoms with E-state index in [2.05, 4.69) is 5.32 Å². The maximum Gasteiger partial charge on any atom is 0.217 e. The fraction of sp³-hybridized carbons (Fsp3) is 0.417. The summed E-state index contributed by atoms with van der Waals surface area (Å²) < 4.78 is 0. The summed E-state index contributed by atoms with van der Waals surface area (Å²) in [5.74, 6) is -0.268. The molecule has 0 aliphatic heterocycles. The number of nitrogens with two attached hydrogens (primary N) is 1. The second kappa shape index (κ2) is 7.85. The maximum atomic E-state index is 10.5. The molecule has 1 rings (SSSR count). The Hall–Kier alpha value is -0.480. The molecule has 0 aliphatic rings. The molecular formula is C12H15Cl3N2O. The van der Waals surface area contributed by atoms with Crippen LogP contribution in [0.15, 0.2) is 12.1 Å². The van der Waals surface area contributed by atoms with Crippen molar-refractivity contribution in [2.24, 2.45) is 5.73 Å². The van der Waals surface area contributed by atoms with Crippen LogP contribution in [0.25, 0.3) is 0 Å². The average Bonchev–Trinajstić information content (AvgIpc) is 2.32. The van der Waals surface area contributed by atoms with Crippen molar-refractivity contribution in [3.8, 4) is 0 Å². The number of carbonyl (C=O) groups is 1. The molecule has 0 aliphatic carbocycles. The Bertz CT molecular complexity index is 424. The van der Waals surface area contributed by atoms with Crippen LogP contribution in [0.3, 0.4) is 0 Å². The average molecular weight is 310 g/mol. The van der Waals surface area contributed by atoms with Gasteiger partial charge in [-0.1, -0.05) is 34.8 Å². The Morgan fingerprint density at radius 3 is 2.50 bits per heavy atom. The third kappa shape index (κ3) is 5.02. The lowest BCUT2D eigenvalue weighted by molar-refractivity contribution is -0.118. The number of unbranched alkanes of at least 4 members (excludes halogenated alkanes) is 1. The second-order valence-electron chi connectivity index (χ2n) is 3.92. The highest BCUT2D eigenvalue weighted by molar-refractivity contribution is 6.44. The fourth-order valence-corrected chi connectivity index (χ4v) is 2.18. The number of amides is 1. The molecule has 18 heavy (non-hydrogen) atoms. The van der Waals surface area contributed by atoms with Gasteiger partial charge in [-0.2, -0.15) is 0 Å². The highest BCUT2D eigenvalue weighted by Crippen LogP contribution is 2.31. The number of carbonyl (C=O) groups excluding carboxylic acids is 1. The minimum Gasteiger partial charge on any atom is -0.370 e. The Kier molecular flexibility index (Phi) is 6.79. The van der Waals surface area contributed by atoms with E-state index in [4.69, 9.17) is 40.5 Å². The van der Waals surface area contributed by atoms with Gasteiger partial charge in [-0.15, -0.1) is 0 Å². The molecular weight excluding hydrogens is 295 g/mol. The number of rotatable bonds is 7. The first-order valence-electron chi connectivity index (χ1n) is 5.63. The van der Waals surface area contributed by atoms with Gasteiger partial charge in [0.15, 0.2) is 0 Å². The van der Waals surface area contributed by atoms with Gasteiger partial charge >= 0.3 is 0 Å². The van der Waals surface area contributed by atoms with Crippen molar-refractivity contribution < 1.29 is 4.79 Å². The maximum absolute atomic E-state index is 10.5. The summed E-state index contributed by atoms with van der Waals surface area (Å²) in [5.41, 5.74) is 5.84. The predicted octanol–water partition coefficient (Wildman–Crippen LogP) is 3.39. The van der Waals surface area contributed by atoms with E-state index < -0.39 is 0 Å². The van der Waals surface area contributed by atoms with Crippen LogP contribution in [0.2, 0.25) is 15.1 Å². The monoisotopic (exact) mass is 308 g/mol. The molecule has 0 atom stereocenters. The van der Waals surface area contributed by atoms with Crippen molar-refractivity contribution >= 4 is 40.7 Å². The second-order valence-corrected chi connectivity index (χ2v) is 5.11. The summed E-state index contributed by atoms with van der Waals surface area (Å²) in [5, 5.41) is 4.77. The fourth-order valence-electron chi connectivity index (χ4n) is 1.49. The molecule has 1 aromatic rings. The largest absolute Gasteiger partial charge is 0.370 e. The van der Waals surface area contributed by atoms with Gasteiger partial charge in [0.25, 0.3) is 0 Å². The Labute approximate surface area is 122 Å². The van der Waals surface area contributed by atoms with E-state index in [9.17, 15) is 4.79 Å². The topological polar surface area (TPSA) is 55.1 Å². The van der Waals surface area contributed by atoms with Crippen molar-refractivity contribution in [1.29, 1.82) is 0 Å². The number of halogens is 3. The quantitative estimate of drug-likeness (QED) is 0.599. The van der Waals surface area contributed by atoms with Crippen LogP contribution < -0.4 is 11.1 Å². The molecule has 3 nitrogen and oxygen atoms in total. The molecule has 0 spiro atoms. The number of hydrogen-bond donors (Lipinski definition) is 2. The lowest BCUT2D eigenvalue weighted by atomic mass is 10.2. The summed E-state index contributed by atoms with van der Waals surface area (Å²) in [4.78, 5) is 10.5. The summed E-state index contributed by atoms with van der Waals surface area (Å²) in [7, 11) is 0. The number of nitrogens with one attached hydrogen (secondary N) is 1. The zero-order valence-corrected chi connectivity index (χ0v) is 12.1. The number of hydrogen-bond acceptors (Lipinski definition) is 2. The Morgan fingerprint density at radius 1 is 1.17 bits per heavy atom. The van der Waals surface area contributed by atoms with Gasteiger partial charge in [-0.25, -0.2) is 0 Å². The van der Waals surface area contributed by atoms with Gasteiger partial charge in [-0.05, 0) is 31.5 Å². The molecule has 6 heteroatoms. The van der Waals surface area contributed by atoms with E-state index in [1.807, 2.05) is 0 Å². The molecule has 0 bridgehead atoms. The van der Waals surface area contributed by atoms with Gasteiger partial charge in [0.1, 0.15) is 0 Å². The van der Waals surface area contributed by atoms with Crippen molar-refractivity contribution in [2.45, 2.75) is 25.8 Å². The smallest absolute Gasteiger partial charge is 0.217 e. The van der Waals surface area contributed by atoms with Gasteiger partial charge in [-0.3, -0.25) is 4.79 Å². The lowest BCUT2D eigenvalue weighted by Gasteiger charge is -2.09. The zero-order valence-electron chi connectivity index (χ0n) is 9.81. The Morgan fingerprint density at radius 2 is 1.83 bits per heavy atom. The minimum absolute atomic E-state index is 0.268. The lowest BCUT2D eigenvalue weighted by Crippen LogP contribution is -2.16. The molecule has 0 saturated heterocycles. The highest BCUT2D eigenvalue weighted by Gasteiger charge is 2.08. The summed E-state index contributed by atoms with van der Waals surface area (Å²) in [6.45, 7) is 1.32. The van der Waals surface area contributed by atoms with Crippen LogP contribution in [-0.2, 0) is 11.3 Å². The van der Waals surface area contributed by atoms with Crippen molar-refractivity contribution in [3.05, 3.63) is 32.8 Å². The standard InChI is InChI=1S/C12H15Cl3N2O/c13-9-4-5-10(14)12(15)8(9)7-17-6-2-1-3-11(16)18/h4-5,17H,1-3,6-7H2,(H2,16,18). The van der Waals surface area contributed by atoms with E-state index >= 15 is 0 Å². The molecule has 0 unspecified atom stereocenters. The molecule has 100 valence electrons. The summed E-state index contributed by atoms with van der Waals surface area (Å²) in [6.07, 6.45) is 2.07. The van der Waals surface area contributed by atoms with E-state index in [1.54, 1.807) is 12.1 Å². The van der Waals surface area contributed by atoms with E-state index in [0.29, 0.717) is 28.0 Å². The van der Waals surface area contributed by atoms with E-state index in [0.717, 1.165) is 24.9 Å². The first-order chi connectivity index (χ1) is 8.52. The van der Waals surface area contributed by atoms with Crippen LogP contribution >= 0.6 is 34.8 Å². The highest BCUT2D eigenvalue weighted by atomic mass is 35.5. The number of benzene rings is 1. The predicted molar refractivity (Wildman–Crippen MR) is 76.2 cm³/mol. The van der Waals surface area contributed by atoms with Crippen LogP contribution in [0.4, 0.5) is 0 Å². The Balaban J connectivity index is 2.36. The molecule has 3 N–H and O–H groups in total. The van der Waals surface area contributed by atoms with Crippen LogP contribution in [0.5, 0.6) is 0 Å². The summed E-state index contributed by atoms with van der Waals surface area (Å²) >= 11 is 18.0. The minimum atomic E-state index is -0.268. The van der Waals surface area contributed by atoms with Gasteiger partial charge in [0, 0.05) is 23.6 Å². The van der Waals surface area contributed by atoms with Crippen molar-refractivity contribution in [2.75, 3.05) is 6.54 Å². The van der Waals surface area contributed by atoms with Gasteiger partial charge in [0.2, 0.25) is 5.91 Å².